The molecule has 72 heavy (non-hydrogen) atoms. The first kappa shape index (κ1) is 69.1. The number of rotatable bonds is 54. The Morgan fingerprint density at radius 2 is 0.514 bits per heavy atom. The first-order chi connectivity index (χ1) is 35.0. The Morgan fingerprint density at radius 3 is 0.750 bits per heavy atom. The summed E-state index contributed by atoms with van der Waals surface area (Å²) in [4.78, 5) is 52.6. The average Bonchev–Trinajstić information content (AvgIpc) is 3.35. The summed E-state index contributed by atoms with van der Waals surface area (Å²) in [5.41, 5.74) is -1.24. The first-order valence-corrected chi connectivity index (χ1v) is 30.3. The van der Waals surface area contributed by atoms with Gasteiger partial charge in [-0.25, -0.2) is 4.79 Å². The van der Waals surface area contributed by atoms with Gasteiger partial charge in [-0.1, -0.05) is 205 Å². The third kappa shape index (κ3) is 50.6. The van der Waals surface area contributed by atoms with Crippen LogP contribution in [0.5, 0.6) is 0 Å². The third-order valence-electron chi connectivity index (χ3n) is 13.4. The van der Waals surface area contributed by atoms with Crippen molar-refractivity contribution >= 4 is 23.9 Å². The fraction of sp³-hybridized carbons (Fsp3) is 0.841. The minimum absolute atomic E-state index is 0.121. The van der Waals surface area contributed by atoms with E-state index in [0.29, 0.717) is 23.7 Å². The number of allylic oxidation sites excluding steroid dienone is 6. The third-order valence-corrected chi connectivity index (χ3v) is 13.4. The molecule has 0 rings (SSSR count). The number of hydrogen-bond donors (Lipinski definition) is 0. The summed E-state index contributed by atoms with van der Waals surface area (Å²) in [6, 6.07) is 0. The van der Waals surface area contributed by atoms with Gasteiger partial charge in [-0.3, -0.25) is 14.4 Å². The van der Waals surface area contributed by atoms with E-state index in [9.17, 15) is 19.2 Å². The Hall–Kier alpha value is -2.94. The largest absolute Gasteiger partial charge is 0.465 e. The zero-order chi connectivity index (χ0) is 52.9. The number of ether oxygens (including phenoxy) is 4. The Morgan fingerprint density at radius 1 is 0.306 bits per heavy atom. The van der Waals surface area contributed by atoms with Crippen molar-refractivity contribution in [3.8, 4) is 0 Å². The molecule has 0 amide bonds. The second-order valence-electron chi connectivity index (χ2n) is 22.2. The van der Waals surface area contributed by atoms with Crippen LogP contribution >= 0.6 is 0 Å². The second-order valence-corrected chi connectivity index (χ2v) is 22.2. The van der Waals surface area contributed by atoms with Crippen LogP contribution in [0.25, 0.3) is 0 Å². The van der Waals surface area contributed by atoms with Gasteiger partial charge in [-0.05, 0) is 96.3 Å². The van der Waals surface area contributed by atoms with Crippen molar-refractivity contribution in [3.63, 3.8) is 0 Å². The van der Waals surface area contributed by atoms with E-state index in [1.54, 1.807) is 0 Å². The maximum atomic E-state index is 13.2. The number of unbranched alkanes of at least 4 members (excludes halogenated alkanes) is 32. The van der Waals surface area contributed by atoms with Crippen molar-refractivity contribution in [2.24, 2.45) is 5.41 Å². The smallest absolute Gasteiger partial charge is 0.361 e. The highest BCUT2D eigenvalue weighted by Crippen LogP contribution is 2.24. The Bertz CT molecular complexity index is 1290. The molecule has 0 aromatic carbocycles. The Balaban J connectivity index is 5.25. The fourth-order valence-electron chi connectivity index (χ4n) is 8.68. The van der Waals surface area contributed by atoms with E-state index < -0.39 is 11.4 Å². The molecule has 0 aromatic rings. The molecule has 0 aliphatic carbocycles. The van der Waals surface area contributed by atoms with Crippen LogP contribution in [0.4, 0.5) is 0 Å². The van der Waals surface area contributed by atoms with E-state index in [1.807, 2.05) is 21.1 Å². The van der Waals surface area contributed by atoms with E-state index in [1.165, 1.54) is 128 Å². The summed E-state index contributed by atoms with van der Waals surface area (Å²) < 4.78 is 23.8. The molecule has 0 spiro atoms. The maximum absolute atomic E-state index is 13.2. The quantitative estimate of drug-likeness (QED) is 0.0195. The molecule has 0 heterocycles. The fourth-order valence-corrected chi connectivity index (χ4v) is 8.68. The van der Waals surface area contributed by atoms with Crippen LogP contribution in [0, 0.1) is 5.41 Å². The molecule has 9 nitrogen and oxygen atoms in total. The molecule has 0 N–H and O–H groups in total. The summed E-state index contributed by atoms with van der Waals surface area (Å²) >= 11 is 0. The van der Waals surface area contributed by atoms with Gasteiger partial charge in [0.05, 0.1) is 21.1 Å². The SMILES string of the molecule is CCCCCCC/C=C\CCCCCCCC(=O)OCC(COC(=O)CCCCCCC/C=C\CCCCCCCC)(COC(=O)CCCCCCC/C=C\CCCCCCCC)COC(=O)C[N+](C)(C)C. The zero-order valence-electron chi connectivity index (χ0n) is 48.2. The maximum Gasteiger partial charge on any atom is 0.361 e. The number of likely N-dealkylation sites (N-methyl/N-ethyl adjacent to an activating group) is 1. The molecule has 420 valence electrons. The lowest BCUT2D eigenvalue weighted by Crippen LogP contribution is -2.46. The van der Waals surface area contributed by atoms with E-state index in [4.69, 9.17) is 18.9 Å². The van der Waals surface area contributed by atoms with Crippen molar-refractivity contribution in [1.29, 1.82) is 0 Å². The molecule has 0 saturated carbocycles. The number of quaternary nitrogens is 1. The molecule has 0 saturated heterocycles. The summed E-state index contributed by atoms with van der Waals surface area (Å²) in [5.74, 6) is -1.52. The van der Waals surface area contributed by atoms with Crippen molar-refractivity contribution in [2.45, 2.75) is 284 Å². The van der Waals surface area contributed by atoms with Crippen LogP contribution in [0.15, 0.2) is 36.5 Å². The molecule has 0 aromatic heterocycles. The Labute approximate surface area is 444 Å². The van der Waals surface area contributed by atoms with Gasteiger partial charge in [0.25, 0.3) is 0 Å². The number of esters is 4. The van der Waals surface area contributed by atoms with Crippen molar-refractivity contribution in [1.82, 2.24) is 0 Å². The van der Waals surface area contributed by atoms with Gasteiger partial charge in [0.2, 0.25) is 0 Å². The van der Waals surface area contributed by atoms with E-state index in [-0.39, 0.29) is 70.1 Å². The molecule has 0 fully saturated rings. The van der Waals surface area contributed by atoms with Crippen LogP contribution in [-0.4, -0.2) is 82.5 Å². The second kappa shape index (κ2) is 51.5. The van der Waals surface area contributed by atoms with Gasteiger partial charge in [-0.15, -0.1) is 0 Å². The van der Waals surface area contributed by atoms with Crippen LogP contribution < -0.4 is 0 Å². The molecule has 9 heteroatoms. The van der Waals surface area contributed by atoms with Gasteiger partial charge in [0.15, 0.2) is 6.54 Å². The summed E-state index contributed by atoms with van der Waals surface area (Å²) in [7, 11) is 5.70. The normalized spacial score (nSPS) is 12.1. The van der Waals surface area contributed by atoms with Gasteiger partial charge >= 0.3 is 23.9 Å². The Kier molecular flexibility index (Phi) is 49.4. The van der Waals surface area contributed by atoms with Crippen molar-refractivity contribution in [3.05, 3.63) is 36.5 Å². The number of carbonyl (C=O) groups excluding carboxylic acids is 4. The molecular weight excluding hydrogens is 899 g/mol. The lowest BCUT2D eigenvalue weighted by molar-refractivity contribution is -0.862. The molecular formula is C63H116NO8+. The highest BCUT2D eigenvalue weighted by atomic mass is 16.6. The molecule has 0 bridgehead atoms. The van der Waals surface area contributed by atoms with Crippen molar-refractivity contribution < 1.29 is 42.6 Å². The molecule has 0 atom stereocenters. The van der Waals surface area contributed by atoms with Gasteiger partial charge in [0, 0.05) is 19.3 Å². The minimum atomic E-state index is -1.24. The molecule has 0 unspecified atom stereocenters. The van der Waals surface area contributed by atoms with Crippen LogP contribution in [0.1, 0.15) is 284 Å². The van der Waals surface area contributed by atoms with Crippen LogP contribution in [0.2, 0.25) is 0 Å². The van der Waals surface area contributed by atoms with Gasteiger partial charge in [0.1, 0.15) is 31.8 Å². The highest BCUT2D eigenvalue weighted by molar-refractivity contribution is 5.71. The summed E-state index contributed by atoms with van der Waals surface area (Å²) in [6.45, 7) is 6.07. The van der Waals surface area contributed by atoms with E-state index in [2.05, 4.69) is 57.2 Å². The van der Waals surface area contributed by atoms with E-state index in [0.717, 1.165) is 96.3 Å². The standard InChI is InChI=1S/C63H116NO8/c1-7-10-13-16-19-22-25-28-31-34-37-40-43-46-49-52-60(66)70-56-63(58-72-62(68)54-64(4,5)6,55-69-59(65)51-48-45-42-39-36-33-30-27-24-21-18-15-12-9-3)57-71-61(67)53-50-47-44-41-38-35-32-29-26-23-20-17-14-11-8-2/h27-32H,7-26,33-58H2,1-6H3/q+1/b30-27-,31-28-,32-29-. The lowest BCUT2D eigenvalue weighted by atomic mass is 9.92. The predicted molar refractivity (Wildman–Crippen MR) is 303 cm³/mol. The molecule has 0 radical (unpaired) electrons. The number of hydrogen-bond acceptors (Lipinski definition) is 8. The summed E-state index contributed by atoms with van der Waals surface area (Å²) in [6.07, 6.45) is 59.0. The monoisotopic (exact) mass is 1010 g/mol. The van der Waals surface area contributed by atoms with Crippen LogP contribution in [0.3, 0.4) is 0 Å². The summed E-state index contributed by atoms with van der Waals surface area (Å²) in [5, 5.41) is 0. The van der Waals surface area contributed by atoms with Crippen LogP contribution in [-0.2, 0) is 38.1 Å². The number of carbonyl (C=O) groups is 4. The highest BCUT2D eigenvalue weighted by Gasteiger charge is 2.38. The topological polar surface area (TPSA) is 105 Å². The molecule has 0 aliphatic heterocycles. The first-order valence-electron chi connectivity index (χ1n) is 30.3. The van der Waals surface area contributed by atoms with Gasteiger partial charge in [-0.2, -0.15) is 0 Å². The number of nitrogens with zero attached hydrogens (tertiary/aromatic N) is 1. The average molecular weight is 1020 g/mol. The predicted octanol–water partition coefficient (Wildman–Crippen LogP) is 17.6. The lowest BCUT2D eigenvalue weighted by Gasteiger charge is -2.32. The van der Waals surface area contributed by atoms with Gasteiger partial charge < -0.3 is 23.4 Å². The minimum Gasteiger partial charge on any atom is -0.465 e. The van der Waals surface area contributed by atoms with E-state index >= 15 is 0 Å². The molecule has 0 aliphatic rings. The van der Waals surface area contributed by atoms with Crippen molar-refractivity contribution in [2.75, 3.05) is 54.1 Å². The zero-order valence-corrected chi connectivity index (χ0v) is 48.2.